The van der Waals surface area contributed by atoms with E-state index in [4.69, 9.17) is 0 Å². The van der Waals surface area contributed by atoms with E-state index in [9.17, 15) is 14.9 Å². The summed E-state index contributed by atoms with van der Waals surface area (Å²) in [7, 11) is 0. The lowest BCUT2D eigenvalue weighted by Gasteiger charge is -2.12. The Hall–Kier alpha value is -2.12. The molecule has 0 radical (unpaired) electrons. The maximum absolute atomic E-state index is 11.1. The van der Waals surface area contributed by atoms with Gasteiger partial charge in [-0.15, -0.1) is 0 Å². The molecular weight excluding hydrogens is 238 g/mol. The van der Waals surface area contributed by atoms with Crippen molar-refractivity contribution in [1.82, 2.24) is 15.1 Å². The fourth-order valence-electron chi connectivity index (χ4n) is 2.06. The van der Waals surface area contributed by atoms with Crippen LogP contribution in [-0.4, -0.2) is 33.2 Å². The summed E-state index contributed by atoms with van der Waals surface area (Å²) in [6.07, 6.45) is 0.325. The predicted octanol–water partition coefficient (Wildman–Crippen LogP) is 0.420. The van der Waals surface area contributed by atoms with Crippen molar-refractivity contribution in [3.63, 3.8) is 0 Å². The minimum Gasteiger partial charge on any atom is -0.359 e. The molecule has 18 heavy (non-hydrogen) atoms. The molecule has 0 aromatic carbocycles. The van der Waals surface area contributed by atoms with Gasteiger partial charge in [-0.3, -0.25) is 14.9 Å². The minimum atomic E-state index is -0.443. The van der Waals surface area contributed by atoms with Crippen molar-refractivity contribution in [2.24, 2.45) is 0 Å². The van der Waals surface area contributed by atoms with E-state index in [2.05, 4.69) is 15.7 Å². The number of amides is 1. The van der Waals surface area contributed by atoms with E-state index in [-0.39, 0.29) is 17.6 Å². The average molecular weight is 253 g/mol. The molecule has 2 heterocycles. The maximum Gasteiger partial charge on any atom is 0.333 e. The lowest BCUT2D eigenvalue weighted by atomic mass is 10.2. The monoisotopic (exact) mass is 253 g/mol. The van der Waals surface area contributed by atoms with Crippen molar-refractivity contribution in [3.05, 3.63) is 15.8 Å². The standard InChI is InChI=1S/C10H15N5O3/c1-3-14-10(9(15(17)18)6(2)13-14)12-7-4-8(16)11-5-7/h7,12H,3-5H2,1-2H3,(H,11,16). The highest BCUT2D eigenvalue weighted by Gasteiger charge is 2.29. The third-order valence-corrected chi connectivity index (χ3v) is 2.90. The lowest BCUT2D eigenvalue weighted by molar-refractivity contribution is -0.384. The number of hydrogen-bond acceptors (Lipinski definition) is 5. The van der Waals surface area contributed by atoms with Crippen LogP contribution in [-0.2, 0) is 11.3 Å². The van der Waals surface area contributed by atoms with E-state index in [1.165, 1.54) is 0 Å². The van der Waals surface area contributed by atoms with Crippen LogP contribution in [0.5, 0.6) is 0 Å². The number of nitrogens with zero attached hydrogens (tertiary/aromatic N) is 3. The van der Waals surface area contributed by atoms with Gasteiger partial charge >= 0.3 is 5.69 Å². The minimum absolute atomic E-state index is 0.0174. The van der Waals surface area contributed by atoms with E-state index in [0.29, 0.717) is 31.0 Å². The number of anilines is 1. The Balaban J connectivity index is 2.30. The van der Waals surface area contributed by atoms with Crippen molar-refractivity contribution in [3.8, 4) is 0 Å². The van der Waals surface area contributed by atoms with Crippen LogP contribution in [0.25, 0.3) is 0 Å². The van der Waals surface area contributed by atoms with Crippen LogP contribution in [0.4, 0.5) is 11.5 Å². The van der Waals surface area contributed by atoms with Crippen molar-refractivity contribution in [1.29, 1.82) is 0 Å². The van der Waals surface area contributed by atoms with E-state index < -0.39 is 4.92 Å². The van der Waals surface area contributed by atoms with Gasteiger partial charge in [0.15, 0.2) is 0 Å². The Morgan fingerprint density at radius 1 is 1.67 bits per heavy atom. The number of carbonyl (C=O) groups excluding carboxylic acids is 1. The summed E-state index contributed by atoms with van der Waals surface area (Å²) in [6, 6.07) is -0.127. The normalized spacial score (nSPS) is 18.8. The molecule has 1 aromatic rings. The second kappa shape index (κ2) is 4.63. The summed E-state index contributed by atoms with van der Waals surface area (Å²) in [5.41, 5.74) is 0.359. The van der Waals surface area contributed by atoms with Gasteiger partial charge in [0.05, 0.1) is 11.0 Å². The molecule has 1 amide bonds. The quantitative estimate of drug-likeness (QED) is 0.598. The number of aryl methyl sites for hydroxylation is 2. The molecular formula is C10H15N5O3. The smallest absolute Gasteiger partial charge is 0.333 e. The molecule has 1 aliphatic heterocycles. The largest absolute Gasteiger partial charge is 0.359 e. The molecule has 8 nitrogen and oxygen atoms in total. The SMILES string of the molecule is CCn1nc(C)c([N+](=O)[O-])c1NC1CNC(=O)C1. The number of carbonyl (C=O) groups is 1. The van der Waals surface area contributed by atoms with Gasteiger partial charge in [-0.2, -0.15) is 5.10 Å². The van der Waals surface area contributed by atoms with Gasteiger partial charge < -0.3 is 10.6 Å². The number of hydrogen-bond donors (Lipinski definition) is 2. The molecule has 1 fully saturated rings. The zero-order valence-corrected chi connectivity index (χ0v) is 10.3. The molecule has 1 atom stereocenters. The molecule has 1 aromatic heterocycles. The topological polar surface area (TPSA) is 102 Å². The third kappa shape index (κ3) is 2.13. The molecule has 2 rings (SSSR count). The first-order valence-electron chi connectivity index (χ1n) is 5.78. The van der Waals surface area contributed by atoms with Crippen molar-refractivity contribution < 1.29 is 9.72 Å². The van der Waals surface area contributed by atoms with E-state index in [1.807, 2.05) is 6.92 Å². The zero-order valence-electron chi connectivity index (χ0n) is 10.3. The summed E-state index contributed by atoms with van der Waals surface area (Å²) in [4.78, 5) is 21.7. The summed E-state index contributed by atoms with van der Waals surface area (Å²) in [6.45, 7) is 4.47. The Kier molecular flexibility index (Phi) is 3.17. The first-order valence-corrected chi connectivity index (χ1v) is 5.78. The molecule has 0 saturated carbocycles. The number of nitrogens with one attached hydrogen (secondary N) is 2. The fraction of sp³-hybridized carbons (Fsp3) is 0.600. The van der Waals surface area contributed by atoms with Gasteiger partial charge in [-0.1, -0.05) is 0 Å². The van der Waals surface area contributed by atoms with E-state index in [0.717, 1.165) is 0 Å². The summed E-state index contributed by atoms with van der Waals surface area (Å²) < 4.78 is 1.55. The summed E-state index contributed by atoms with van der Waals surface area (Å²) in [5, 5.41) is 20.9. The molecule has 1 saturated heterocycles. The zero-order chi connectivity index (χ0) is 13.3. The van der Waals surface area contributed by atoms with Crippen LogP contribution in [0, 0.1) is 17.0 Å². The van der Waals surface area contributed by atoms with Gasteiger partial charge in [-0.25, -0.2) is 4.68 Å². The van der Waals surface area contributed by atoms with Crippen LogP contribution < -0.4 is 10.6 Å². The van der Waals surface area contributed by atoms with Crippen LogP contribution in [0.3, 0.4) is 0 Å². The van der Waals surface area contributed by atoms with Gasteiger partial charge in [0.2, 0.25) is 11.7 Å². The molecule has 1 unspecified atom stereocenters. The van der Waals surface area contributed by atoms with Crippen LogP contribution in [0.1, 0.15) is 19.0 Å². The molecule has 0 aliphatic carbocycles. The fourth-order valence-corrected chi connectivity index (χ4v) is 2.06. The Labute approximate surface area is 104 Å². The highest BCUT2D eigenvalue weighted by atomic mass is 16.6. The summed E-state index contributed by atoms with van der Waals surface area (Å²) >= 11 is 0. The molecule has 98 valence electrons. The van der Waals surface area contributed by atoms with Crippen LogP contribution in [0.2, 0.25) is 0 Å². The Morgan fingerprint density at radius 2 is 2.39 bits per heavy atom. The van der Waals surface area contributed by atoms with Crippen molar-refractivity contribution >= 4 is 17.4 Å². The molecule has 8 heteroatoms. The molecule has 0 bridgehead atoms. The van der Waals surface area contributed by atoms with Gasteiger partial charge in [0.25, 0.3) is 0 Å². The van der Waals surface area contributed by atoms with E-state index >= 15 is 0 Å². The van der Waals surface area contributed by atoms with Gasteiger partial charge in [0, 0.05) is 19.5 Å². The predicted molar refractivity (Wildman–Crippen MR) is 64.3 cm³/mol. The molecule has 1 aliphatic rings. The number of aromatic nitrogens is 2. The lowest BCUT2D eigenvalue weighted by Crippen LogP contribution is -2.24. The van der Waals surface area contributed by atoms with Crippen LogP contribution >= 0.6 is 0 Å². The second-order valence-electron chi connectivity index (χ2n) is 4.20. The second-order valence-corrected chi connectivity index (χ2v) is 4.20. The molecule has 0 spiro atoms. The molecule has 2 N–H and O–H groups in total. The van der Waals surface area contributed by atoms with Gasteiger partial charge in [0.1, 0.15) is 5.69 Å². The Bertz CT molecular complexity index is 496. The first kappa shape index (κ1) is 12.3. The number of nitro groups is 1. The van der Waals surface area contributed by atoms with Crippen molar-refractivity contribution in [2.75, 3.05) is 11.9 Å². The number of rotatable bonds is 4. The van der Waals surface area contributed by atoms with E-state index in [1.54, 1.807) is 11.6 Å². The Morgan fingerprint density at radius 3 is 2.89 bits per heavy atom. The van der Waals surface area contributed by atoms with Crippen LogP contribution in [0.15, 0.2) is 0 Å². The maximum atomic E-state index is 11.1. The van der Waals surface area contributed by atoms with Gasteiger partial charge in [-0.05, 0) is 13.8 Å². The highest BCUT2D eigenvalue weighted by molar-refractivity contribution is 5.80. The summed E-state index contributed by atoms with van der Waals surface area (Å²) in [5.74, 6) is 0.330. The highest BCUT2D eigenvalue weighted by Crippen LogP contribution is 2.29. The van der Waals surface area contributed by atoms with Crippen molar-refractivity contribution in [2.45, 2.75) is 32.9 Å². The third-order valence-electron chi connectivity index (χ3n) is 2.90. The average Bonchev–Trinajstić information content (AvgIpc) is 2.83. The first-order chi connectivity index (χ1) is 8.52.